The topological polar surface area (TPSA) is 0 Å². The van der Waals surface area contributed by atoms with Crippen LogP contribution >= 0.6 is 21.6 Å². The molecule has 0 spiro atoms. The first kappa shape index (κ1) is 7.44. The highest BCUT2D eigenvalue weighted by Crippen LogP contribution is 2.23. The molecule has 0 nitrogen and oxygen atoms in total. The first-order valence-corrected chi connectivity index (χ1v) is 4.75. The number of rotatable bonds is 3. The molecule has 0 saturated carbocycles. The van der Waals surface area contributed by atoms with E-state index in [0.717, 1.165) is 0 Å². The largest absolute Gasteiger partial charge is 0.102 e. The Balaban J connectivity index is 2.98. The molecule has 0 aliphatic carbocycles. The third-order valence-corrected chi connectivity index (χ3v) is 2.76. The minimum Gasteiger partial charge on any atom is -0.102 e. The van der Waals surface area contributed by atoms with Crippen LogP contribution in [0.15, 0.2) is 12.7 Å². The Hall–Kier alpha value is 0.440. The van der Waals surface area contributed by atoms with E-state index in [9.17, 15) is 0 Å². The van der Waals surface area contributed by atoms with Crippen LogP contribution in [0.1, 0.15) is 6.92 Å². The third kappa shape index (κ3) is 4.29. The van der Waals surface area contributed by atoms with Crippen LogP contribution in [-0.4, -0.2) is 11.5 Å². The molecule has 0 radical (unpaired) electrons. The van der Waals surface area contributed by atoms with Crippen LogP contribution in [0.25, 0.3) is 0 Å². The zero-order valence-corrected chi connectivity index (χ0v) is 6.31. The summed E-state index contributed by atoms with van der Waals surface area (Å²) in [6.07, 6.45) is 4.02. The van der Waals surface area contributed by atoms with Crippen molar-refractivity contribution in [2.24, 2.45) is 0 Å². The van der Waals surface area contributed by atoms with E-state index >= 15 is 0 Å². The second kappa shape index (κ2) is 4.60. The van der Waals surface area contributed by atoms with Crippen molar-refractivity contribution >= 4 is 21.6 Å². The van der Waals surface area contributed by atoms with Gasteiger partial charge in [0.05, 0.1) is 0 Å². The fourth-order valence-corrected chi connectivity index (χ4v) is 1.72. The molecular formula is C5H10S2. The van der Waals surface area contributed by atoms with Crippen molar-refractivity contribution in [1.82, 2.24) is 0 Å². The minimum atomic E-state index is 0.593. The van der Waals surface area contributed by atoms with E-state index in [4.69, 9.17) is 0 Å². The van der Waals surface area contributed by atoms with Crippen molar-refractivity contribution < 1.29 is 0 Å². The maximum Gasteiger partial charge on any atom is 0.0300 e. The molecule has 0 rings (SSSR count). The van der Waals surface area contributed by atoms with Gasteiger partial charge in [-0.05, 0) is 13.2 Å². The smallest absolute Gasteiger partial charge is 0.0300 e. The second-order valence-electron chi connectivity index (χ2n) is 1.20. The van der Waals surface area contributed by atoms with Gasteiger partial charge < -0.3 is 0 Å². The molecule has 0 bridgehead atoms. The van der Waals surface area contributed by atoms with Gasteiger partial charge in [0.1, 0.15) is 0 Å². The summed E-state index contributed by atoms with van der Waals surface area (Å²) >= 11 is 0. The van der Waals surface area contributed by atoms with Gasteiger partial charge in [0.25, 0.3) is 0 Å². The van der Waals surface area contributed by atoms with Crippen molar-refractivity contribution in [3.63, 3.8) is 0 Å². The summed E-state index contributed by atoms with van der Waals surface area (Å²) < 4.78 is 0. The summed E-state index contributed by atoms with van der Waals surface area (Å²) in [4.78, 5) is 0. The predicted octanol–water partition coefficient (Wildman–Crippen LogP) is 2.57. The van der Waals surface area contributed by atoms with E-state index in [-0.39, 0.29) is 0 Å². The molecule has 0 heterocycles. The van der Waals surface area contributed by atoms with E-state index in [1.165, 1.54) is 0 Å². The van der Waals surface area contributed by atoms with Crippen molar-refractivity contribution in [1.29, 1.82) is 0 Å². The fourth-order valence-electron chi connectivity index (χ4n) is 0.191. The lowest BCUT2D eigenvalue weighted by Gasteiger charge is -1.97. The van der Waals surface area contributed by atoms with Gasteiger partial charge >= 0.3 is 0 Å². The summed E-state index contributed by atoms with van der Waals surface area (Å²) in [5, 5.41) is 0.593. The molecule has 0 aliphatic rings. The molecule has 0 aromatic carbocycles. The quantitative estimate of drug-likeness (QED) is 0.430. The first-order chi connectivity index (χ1) is 3.31. The molecule has 0 saturated heterocycles. The maximum atomic E-state index is 3.65. The van der Waals surface area contributed by atoms with Crippen LogP contribution < -0.4 is 0 Å². The Kier molecular flexibility index (Phi) is 4.88. The number of hydrogen-bond donors (Lipinski definition) is 0. The van der Waals surface area contributed by atoms with Crippen molar-refractivity contribution in [2.45, 2.75) is 12.2 Å². The summed E-state index contributed by atoms with van der Waals surface area (Å²) in [7, 11) is 3.61. The molecule has 0 amide bonds. The van der Waals surface area contributed by atoms with Crippen LogP contribution in [0, 0.1) is 0 Å². The molecule has 2 heteroatoms. The lowest BCUT2D eigenvalue weighted by atomic mass is 10.5. The van der Waals surface area contributed by atoms with E-state index in [0.29, 0.717) is 5.25 Å². The van der Waals surface area contributed by atoms with Gasteiger partial charge in [-0.15, -0.1) is 6.58 Å². The van der Waals surface area contributed by atoms with Gasteiger partial charge in [0.15, 0.2) is 0 Å². The second-order valence-corrected chi connectivity index (χ2v) is 4.05. The lowest BCUT2D eigenvalue weighted by Crippen LogP contribution is -1.82. The molecule has 42 valence electrons. The molecule has 7 heavy (non-hydrogen) atoms. The Bertz CT molecular complexity index is 52.0. The minimum absolute atomic E-state index is 0.593. The van der Waals surface area contributed by atoms with E-state index in [1.807, 2.05) is 16.9 Å². The Morgan fingerprint density at radius 1 is 1.71 bits per heavy atom. The van der Waals surface area contributed by atoms with Crippen LogP contribution in [0.5, 0.6) is 0 Å². The van der Waals surface area contributed by atoms with Gasteiger partial charge in [-0.2, -0.15) is 0 Å². The highest BCUT2D eigenvalue weighted by Gasteiger charge is 1.90. The highest BCUT2D eigenvalue weighted by molar-refractivity contribution is 8.76. The lowest BCUT2D eigenvalue weighted by molar-refractivity contribution is 1.27. The molecule has 0 aliphatic heterocycles. The zero-order valence-electron chi connectivity index (χ0n) is 4.68. The average Bonchev–Trinajstić information content (AvgIpc) is 1.68. The third-order valence-electron chi connectivity index (χ3n) is 0.580. The summed E-state index contributed by atoms with van der Waals surface area (Å²) in [6.45, 7) is 5.78. The SMILES string of the molecule is C=CC(C)SSC. The molecular weight excluding hydrogens is 124 g/mol. The monoisotopic (exact) mass is 134 g/mol. The van der Waals surface area contributed by atoms with E-state index in [2.05, 4.69) is 19.8 Å². The summed E-state index contributed by atoms with van der Waals surface area (Å²) in [6, 6.07) is 0. The van der Waals surface area contributed by atoms with Gasteiger partial charge in [-0.25, -0.2) is 0 Å². The van der Waals surface area contributed by atoms with Crippen molar-refractivity contribution in [2.75, 3.05) is 6.26 Å². The first-order valence-electron chi connectivity index (χ1n) is 2.13. The Labute approximate surface area is 53.2 Å². The van der Waals surface area contributed by atoms with Crippen LogP contribution in [0.4, 0.5) is 0 Å². The average molecular weight is 134 g/mol. The van der Waals surface area contributed by atoms with Gasteiger partial charge in [-0.3, -0.25) is 0 Å². The van der Waals surface area contributed by atoms with Crippen LogP contribution in [-0.2, 0) is 0 Å². The standard InChI is InChI=1S/C5H10S2/c1-4-5(2)7-6-3/h4-5H,1H2,2-3H3. The molecule has 0 fully saturated rings. The maximum absolute atomic E-state index is 3.65. The van der Waals surface area contributed by atoms with Crippen molar-refractivity contribution in [3.8, 4) is 0 Å². The molecule has 1 unspecified atom stereocenters. The van der Waals surface area contributed by atoms with Crippen LogP contribution in [0.3, 0.4) is 0 Å². The molecule has 0 aromatic rings. The van der Waals surface area contributed by atoms with Gasteiger partial charge in [0, 0.05) is 5.25 Å². The predicted molar refractivity (Wildman–Crippen MR) is 40.8 cm³/mol. The van der Waals surface area contributed by atoms with Crippen molar-refractivity contribution in [3.05, 3.63) is 12.7 Å². The fraction of sp³-hybridized carbons (Fsp3) is 0.600. The number of hydrogen-bond acceptors (Lipinski definition) is 2. The van der Waals surface area contributed by atoms with Gasteiger partial charge in [-0.1, -0.05) is 27.7 Å². The zero-order chi connectivity index (χ0) is 5.70. The Morgan fingerprint density at radius 2 is 2.29 bits per heavy atom. The normalized spacial score (nSPS) is 13.4. The van der Waals surface area contributed by atoms with E-state index < -0.39 is 0 Å². The summed E-state index contributed by atoms with van der Waals surface area (Å²) in [5.41, 5.74) is 0. The van der Waals surface area contributed by atoms with Crippen LogP contribution in [0.2, 0.25) is 0 Å². The molecule has 1 atom stereocenters. The Morgan fingerprint density at radius 3 is 2.43 bits per heavy atom. The molecule has 0 aromatic heterocycles. The highest BCUT2D eigenvalue weighted by atomic mass is 33.1. The van der Waals surface area contributed by atoms with Gasteiger partial charge in [0.2, 0.25) is 0 Å². The summed E-state index contributed by atoms with van der Waals surface area (Å²) in [5.74, 6) is 0. The molecule has 0 N–H and O–H groups in total. The van der Waals surface area contributed by atoms with E-state index in [1.54, 1.807) is 10.8 Å².